The molecule has 0 aliphatic heterocycles. The van der Waals surface area contributed by atoms with Gasteiger partial charge in [-0.05, 0) is 12.1 Å². The van der Waals surface area contributed by atoms with Crippen molar-refractivity contribution in [2.45, 2.75) is 13.0 Å². The van der Waals surface area contributed by atoms with Crippen molar-refractivity contribution in [1.29, 1.82) is 0 Å². The summed E-state index contributed by atoms with van der Waals surface area (Å²) in [6.45, 7) is 0.776. The minimum absolute atomic E-state index is 0.0713. The molecular weight excluding hydrogens is 268 g/mol. The fourth-order valence-corrected chi connectivity index (χ4v) is 1.75. The third-order valence-corrected chi connectivity index (χ3v) is 2.69. The second kappa shape index (κ2) is 6.36. The summed E-state index contributed by atoms with van der Waals surface area (Å²) in [6.07, 6.45) is 1.70. The van der Waals surface area contributed by atoms with E-state index in [9.17, 15) is 4.79 Å². The fraction of sp³-hybridized carbons (Fsp3) is 0.231. The molecule has 2 rings (SSSR count). The van der Waals surface area contributed by atoms with Gasteiger partial charge in [-0.1, -0.05) is 23.7 Å². The van der Waals surface area contributed by atoms with E-state index in [0.717, 1.165) is 5.56 Å². The molecule has 100 valence electrons. The normalized spacial score (nSPS) is 10.6. The van der Waals surface area contributed by atoms with E-state index in [1.165, 1.54) is 0 Å². The largest absolute Gasteiger partial charge is 0.481 e. The van der Waals surface area contributed by atoms with E-state index in [2.05, 4.69) is 10.3 Å². The van der Waals surface area contributed by atoms with Gasteiger partial charge in [0.05, 0.1) is 19.2 Å². The monoisotopic (exact) mass is 280 g/mol. The molecule has 0 spiro atoms. The van der Waals surface area contributed by atoms with Crippen LogP contribution in [0.1, 0.15) is 12.3 Å². The summed E-state index contributed by atoms with van der Waals surface area (Å²) in [6, 6.07) is 7.30. The Morgan fingerprint density at radius 3 is 3.05 bits per heavy atom. The van der Waals surface area contributed by atoms with Gasteiger partial charge >= 0.3 is 5.97 Å². The summed E-state index contributed by atoms with van der Waals surface area (Å²) in [7, 11) is 0. The maximum absolute atomic E-state index is 10.3. The Morgan fingerprint density at radius 2 is 2.32 bits per heavy atom. The van der Waals surface area contributed by atoms with Crippen LogP contribution >= 0.6 is 11.6 Å². The van der Waals surface area contributed by atoms with E-state index < -0.39 is 5.97 Å². The lowest BCUT2D eigenvalue weighted by molar-refractivity contribution is -0.136. The van der Waals surface area contributed by atoms with Crippen molar-refractivity contribution in [3.05, 3.63) is 41.4 Å². The number of carbonyl (C=O) groups is 1. The van der Waals surface area contributed by atoms with Gasteiger partial charge in [-0.2, -0.15) is 0 Å². The Bertz CT molecular complexity index is 569. The zero-order valence-corrected chi connectivity index (χ0v) is 10.9. The Hall–Kier alpha value is -1.85. The molecule has 1 aromatic carbocycles. The summed E-state index contributed by atoms with van der Waals surface area (Å²) >= 11 is 5.90. The number of hydrogen-bond acceptors (Lipinski definition) is 4. The van der Waals surface area contributed by atoms with Crippen LogP contribution in [0, 0.1) is 0 Å². The molecule has 0 aliphatic rings. The molecule has 2 aromatic rings. The topological polar surface area (TPSA) is 75.4 Å². The van der Waals surface area contributed by atoms with Gasteiger partial charge in [0.15, 0.2) is 5.76 Å². The van der Waals surface area contributed by atoms with Gasteiger partial charge in [-0.3, -0.25) is 4.79 Å². The number of benzene rings is 1. The van der Waals surface area contributed by atoms with E-state index in [0.29, 0.717) is 29.8 Å². The zero-order chi connectivity index (χ0) is 13.7. The van der Waals surface area contributed by atoms with E-state index in [4.69, 9.17) is 21.1 Å². The average molecular weight is 281 g/mol. The molecule has 19 heavy (non-hydrogen) atoms. The zero-order valence-electron chi connectivity index (χ0n) is 10.1. The van der Waals surface area contributed by atoms with Crippen molar-refractivity contribution in [2.75, 3.05) is 6.54 Å². The van der Waals surface area contributed by atoms with E-state index in [1.807, 2.05) is 12.1 Å². The van der Waals surface area contributed by atoms with Crippen LogP contribution in [0.5, 0.6) is 0 Å². The van der Waals surface area contributed by atoms with Crippen LogP contribution in [0.15, 0.2) is 34.9 Å². The van der Waals surface area contributed by atoms with Crippen LogP contribution in [0.3, 0.4) is 0 Å². The van der Waals surface area contributed by atoms with Crippen molar-refractivity contribution in [1.82, 2.24) is 10.3 Å². The lowest BCUT2D eigenvalue weighted by Crippen LogP contribution is -2.17. The standard InChI is InChI=1S/C13H13ClN2O3/c14-10-3-1-2-9(6-10)11-7-16-12(19-11)8-15-5-4-13(17)18/h1-3,6-7,15H,4-5,8H2,(H,17,18). The Labute approximate surface area is 115 Å². The average Bonchev–Trinajstić information content (AvgIpc) is 2.83. The first kappa shape index (κ1) is 13.6. The van der Waals surface area contributed by atoms with Gasteiger partial charge in [-0.15, -0.1) is 0 Å². The Balaban J connectivity index is 1.94. The molecule has 0 saturated carbocycles. The summed E-state index contributed by atoms with van der Waals surface area (Å²) in [5, 5.41) is 12.1. The highest BCUT2D eigenvalue weighted by molar-refractivity contribution is 6.30. The molecule has 1 aromatic heterocycles. The molecule has 0 radical (unpaired) electrons. The van der Waals surface area contributed by atoms with Crippen molar-refractivity contribution < 1.29 is 14.3 Å². The van der Waals surface area contributed by atoms with Crippen LogP contribution in [-0.2, 0) is 11.3 Å². The number of aliphatic carboxylic acids is 1. The summed E-state index contributed by atoms with van der Waals surface area (Å²) in [5.41, 5.74) is 0.858. The minimum atomic E-state index is -0.834. The third-order valence-electron chi connectivity index (χ3n) is 2.45. The SMILES string of the molecule is O=C(O)CCNCc1ncc(-c2cccc(Cl)c2)o1. The van der Waals surface area contributed by atoms with E-state index >= 15 is 0 Å². The van der Waals surface area contributed by atoms with Crippen molar-refractivity contribution >= 4 is 17.6 Å². The first-order chi connectivity index (χ1) is 9.15. The summed E-state index contributed by atoms with van der Waals surface area (Å²) in [5.74, 6) is 0.317. The number of oxazole rings is 1. The third kappa shape index (κ3) is 4.08. The minimum Gasteiger partial charge on any atom is -0.481 e. The second-order valence-corrected chi connectivity index (χ2v) is 4.39. The summed E-state index contributed by atoms with van der Waals surface area (Å²) < 4.78 is 5.55. The van der Waals surface area contributed by atoms with Crippen LogP contribution in [0.4, 0.5) is 0 Å². The highest BCUT2D eigenvalue weighted by Gasteiger charge is 2.06. The smallest absolute Gasteiger partial charge is 0.304 e. The number of rotatable bonds is 6. The maximum Gasteiger partial charge on any atom is 0.304 e. The number of carboxylic acid groups (broad SMARTS) is 1. The number of aromatic nitrogens is 1. The lowest BCUT2D eigenvalue weighted by Gasteiger charge is -1.99. The number of carboxylic acids is 1. The first-order valence-electron chi connectivity index (χ1n) is 5.78. The number of nitrogens with zero attached hydrogens (tertiary/aromatic N) is 1. The molecule has 5 nitrogen and oxygen atoms in total. The fourth-order valence-electron chi connectivity index (χ4n) is 1.56. The number of halogens is 1. The van der Waals surface area contributed by atoms with Crippen LogP contribution in [0.25, 0.3) is 11.3 Å². The molecule has 0 amide bonds. The van der Waals surface area contributed by atoms with Gasteiger partial charge in [0.2, 0.25) is 5.89 Å². The molecule has 2 N–H and O–H groups in total. The Morgan fingerprint density at radius 1 is 1.47 bits per heavy atom. The van der Waals surface area contributed by atoms with Gasteiger partial charge in [0.25, 0.3) is 0 Å². The maximum atomic E-state index is 10.3. The molecular formula is C13H13ClN2O3. The van der Waals surface area contributed by atoms with Gasteiger partial charge < -0.3 is 14.8 Å². The van der Waals surface area contributed by atoms with Crippen molar-refractivity contribution in [3.63, 3.8) is 0 Å². The quantitative estimate of drug-likeness (QED) is 0.796. The van der Waals surface area contributed by atoms with Gasteiger partial charge in [0, 0.05) is 17.1 Å². The highest BCUT2D eigenvalue weighted by Crippen LogP contribution is 2.23. The first-order valence-corrected chi connectivity index (χ1v) is 6.16. The van der Waals surface area contributed by atoms with E-state index in [1.54, 1.807) is 18.3 Å². The Kier molecular flexibility index (Phi) is 4.54. The predicted octanol–water partition coefficient (Wildman–Crippen LogP) is 2.56. The molecule has 0 fully saturated rings. The number of nitrogens with one attached hydrogen (secondary N) is 1. The molecule has 0 bridgehead atoms. The van der Waals surface area contributed by atoms with Crippen molar-refractivity contribution in [2.24, 2.45) is 0 Å². The van der Waals surface area contributed by atoms with E-state index in [-0.39, 0.29) is 6.42 Å². The molecule has 0 atom stereocenters. The van der Waals surface area contributed by atoms with Crippen molar-refractivity contribution in [3.8, 4) is 11.3 Å². The second-order valence-electron chi connectivity index (χ2n) is 3.95. The molecule has 0 unspecified atom stereocenters. The lowest BCUT2D eigenvalue weighted by atomic mass is 10.2. The molecule has 6 heteroatoms. The van der Waals surface area contributed by atoms with Crippen LogP contribution in [-0.4, -0.2) is 22.6 Å². The summed E-state index contributed by atoms with van der Waals surface area (Å²) in [4.78, 5) is 14.5. The molecule has 1 heterocycles. The molecule has 0 saturated heterocycles. The molecule has 0 aliphatic carbocycles. The number of hydrogen-bond donors (Lipinski definition) is 2. The van der Waals surface area contributed by atoms with Gasteiger partial charge in [0.1, 0.15) is 0 Å². The van der Waals surface area contributed by atoms with Gasteiger partial charge in [-0.25, -0.2) is 4.98 Å². The predicted molar refractivity (Wildman–Crippen MR) is 70.9 cm³/mol. The van der Waals surface area contributed by atoms with Crippen LogP contribution in [0.2, 0.25) is 5.02 Å². The highest BCUT2D eigenvalue weighted by atomic mass is 35.5. The van der Waals surface area contributed by atoms with Crippen LogP contribution < -0.4 is 5.32 Å².